The summed E-state index contributed by atoms with van der Waals surface area (Å²) in [6.45, 7) is 2.49. The maximum atomic E-state index is 11.0. The van der Waals surface area contributed by atoms with E-state index < -0.39 is 12.1 Å². The Bertz CT molecular complexity index is 162. The number of esters is 1. The second-order valence-electron chi connectivity index (χ2n) is 3.69. The van der Waals surface area contributed by atoms with Gasteiger partial charge in [0, 0.05) is 6.54 Å². The van der Waals surface area contributed by atoms with Crippen LogP contribution >= 0.6 is 0 Å². The summed E-state index contributed by atoms with van der Waals surface area (Å²) >= 11 is 0. The minimum Gasteiger partial charge on any atom is -0.464 e. The van der Waals surface area contributed by atoms with Crippen molar-refractivity contribution < 1.29 is 14.6 Å². The summed E-state index contributed by atoms with van der Waals surface area (Å²) in [6.07, 6.45) is 5.72. The highest BCUT2D eigenvalue weighted by atomic mass is 16.5. The maximum Gasteiger partial charge on any atom is 0.336 e. The van der Waals surface area contributed by atoms with Crippen LogP contribution in [-0.2, 0) is 9.53 Å². The Morgan fingerprint density at radius 1 is 1.27 bits per heavy atom. The van der Waals surface area contributed by atoms with Crippen molar-refractivity contribution in [2.75, 3.05) is 13.2 Å². The molecule has 4 heteroatoms. The predicted octanol–water partition coefficient (Wildman–Crippen LogP) is 1.21. The Balaban J connectivity index is 3.20. The Kier molecular flexibility index (Phi) is 9.52. The van der Waals surface area contributed by atoms with Crippen LogP contribution in [0, 0.1) is 0 Å². The Morgan fingerprint density at radius 3 is 2.47 bits per heavy atom. The van der Waals surface area contributed by atoms with E-state index in [1.807, 2.05) is 0 Å². The van der Waals surface area contributed by atoms with Gasteiger partial charge in [-0.25, -0.2) is 4.79 Å². The van der Waals surface area contributed by atoms with Crippen LogP contribution in [0.15, 0.2) is 0 Å². The fourth-order valence-corrected chi connectivity index (χ4v) is 1.25. The molecule has 0 rings (SSSR count). The molecular weight excluding hydrogens is 194 g/mol. The Labute approximate surface area is 91.8 Å². The van der Waals surface area contributed by atoms with Crippen molar-refractivity contribution in [2.24, 2.45) is 5.73 Å². The average Bonchev–Trinajstić information content (AvgIpc) is 2.26. The first kappa shape index (κ1) is 14.4. The van der Waals surface area contributed by atoms with Gasteiger partial charge in [-0.3, -0.25) is 0 Å². The molecule has 1 unspecified atom stereocenters. The van der Waals surface area contributed by atoms with Crippen molar-refractivity contribution in [2.45, 2.75) is 51.6 Å². The second-order valence-corrected chi connectivity index (χ2v) is 3.69. The molecule has 0 aromatic rings. The van der Waals surface area contributed by atoms with E-state index in [1.165, 1.54) is 25.7 Å². The van der Waals surface area contributed by atoms with Gasteiger partial charge in [-0.1, -0.05) is 39.0 Å². The molecule has 1 atom stereocenters. The Morgan fingerprint density at radius 2 is 1.87 bits per heavy atom. The number of aliphatic hydroxyl groups is 1. The molecular formula is C11H23NO3. The summed E-state index contributed by atoms with van der Waals surface area (Å²) in [7, 11) is 0. The third-order valence-corrected chi connectivity index (χ3v) is 2.24. The highest BCUT2D eigenvalue weighted by Crippen LogP contribution is 2.05. The summed E-state index contributed by atoms with van der Waals surface area (Å²) in [5.41, 5.74) is 5.11. The van der Waals surface area contributed by atoms with Crippen molar-refractivity contribution in [3.63, 3.8) is 0 Å². The summed E-state index contributed by atoms with van der Waals surface area (Å²) < 4.78 is 4.83. The van der Waals surface area contributed by atoms with E-state index in [4.69, 9.17) is 15.6 Å². The van der Waals surface area contributed by atoms with E-state index in [2.05, 4.69) is 6.92 Å². The van der Waals surface area contributed by atoms with E-state index >= 15 is 0 Å². The van der Waals surface area contributed by atoms with E-state index in [-0.39, 0.29) is 6.54 Å². The molecule has 0 radical (unpaired) electrons. The van der Waals surface area contributed by atoms with Crippen LogP contribution in [0.4, 0.5) is 0 Å². The number of nitrogens with two attached hydrogens (primary N) is 1. The molecule has 0 bridgehead atoms. The number of hydrogen-bond donors (Lipinski definition) is 2. The van der Waals surface area contributed by atoms with Crippen LogP contribution in [0.2, 0.25) is 0 Å². The molecule has 0 fully saturated rings. The van der Waals surface area contributed by atoms with Gasteiger partial charge in [-0.05, 0) is 6.42 Å². The predicted molar refractivity (Wildman–Crippen MR) is 59.4 cm³/mol. The highest BCUT2D eigenvalue weighted by molar-refractivity contribution is 5.74. The first-order chi connectivity index (χ1) is 7.22. The van der Waals surface area contributed by atoms with Gasteiger partial charge in [0.25, 0.3) is 0 Å². The van der Waals surface area contributed by atoms with E-state index in [1.54, 1.807) is 0 Å². The average molecular weight is 217 g/mol. The second kappa shape index (κ2) is 9.93. The van der Waals surface area contributed by atoms with Crippen LogP contribution in [0.1, 0.15) is 45.4 Å². The van der Waals surface area contributed by atoms with Crippen molar-refractivity contribution in [1.82, 2.24) is 0 Å². The molecule has 0 aliphatic carbocycles. The normalized spacial score (nSPS) is 12.5. The molecule has 3 N–H and O–H groups in total. The molecule has 0 saturated carbocycles. The molecule has 4 nitrogen and oxygen atoms in total. The van der Waals surface area contributed by atoms with Gasteiger partial charge in [0.1, 0.15) is 0 Å². The van der Waals surface area contributed by atoms with Crippen LogP contribution in [0.3, 0.4) is 0 Å². The van der Waals surface area contributed by atoms with Crippen molar-refractivity contribution >= 4 is 5.97 Å². The minimum atomic E-state index is -1.16. The van der Waals surface area contributed by atoms with Crippen molar-refractivity contribution in [3.8, 4) is 0 Å². The van der Waals surface area contributed by atoms with Gasteiger partial charge in [0.15, 0.2) is 6.10 Å². The lowest BCUT2D eigenvalue weighted by Gasteiger charge is -2.08. The van der Waals surface area contributed by atoms with Crippen LogP contribution in [-0.4, -0.2) is 30.3 Å². The number of ether oxygens (including phenoxy) is 1. The zero-order chi connectivity index (χ0) is 11.5. The lowest BCUT2D eigenvalue weighted by molar-refractivity contribution is -0.153. The lowest BCUT2D eigenvalue weighted by atomic mass is 10.1. The summed E-state index contributed by atoms with van der Waals surface area (Å²) in [5, 5.41) is 9.00. The topological polar surface area (TPSA) is 72.5 Å². The highest BCUT2D eigenvalue weighted by Gasteiger charge is 2.13. The van der Waals surface area contributed by atoms with Crippen LogP contribution in [0.5, 0.6) is 0 Å². The van der Waals surface area contributed by atoms with Gasteiger partial charge in [-0.15, -0.1) is 0 Å². The van der Waals surface area contributed by atoms with Crippen molar-refractivity contribution in [3.05, 3.63) is 0 Å². The van der Waals surface area contributed by atoms with E-state index in [9.17, 15) is 4.79 Å². The number of rotatable bonds is 9. The van der Waals surface area contributed by atoms with Gasteiger partial charge in [-0.2, -0.15) is 0 Å². The van der Waals surface area contributed by atoms with Gasteiger partial charge < -0.3 is 15.6 Å². The zero-order valence-corrected chi connectivity index (χ0v) is 9.58. The number of aliphatic hydroxyl groups excluding tert-OH is 1. The van der Waals surface area contributed by atoms with Crippen molar-refractivity contribution in [1.29, 1.82) is 0 Å². The monoisotopic (exact) mass is 217 g/mol. The molecule has 0 saturated heterocycles. The number of unbranched alkanes of at least 4 members (excludes halogenated alkanes) is 5. The number of hydrogen-bond acceptors (Lipinski definition) is 4. The van der Waals surface area contributed by atoms with E-state index in [0.29, 0.717) is 6.61 Å². The van der Waals surface area contributed by atoms with Gasteiger partial charge in [0.05, 0.1) is 6.61 Å². The standard InChI is InChI=1S/C11H23NO3/c1-2-3-4-5-6-7-8-15-11(14)10(13)9-12/h10,13H,2-9,12H2,1H3. The molecule has 0 amide bonds. The van der Waals surface area contributed by atoms with Crippen LogP contribution in [0.25, 0.3) is 0 Å². The van der Waals surface area contributed by atoms with Gasteiger partial charge >= 0.3 is 5.97 Å². The third kappa shape index (κ3) is 8.39. The number of carbonyl (C=O) groups is 1. The smallest absolute Gasteiger partial charge is 0.336 e. The lowest BCUT2D eigenvalue weighted by Crippen LogP contribution is -2.31. The van der Waals surface area contributed by atoms with Crippen LogP contribution < -0.4 is 5.73 Å². The summed E-state index contributed by atoms with van der Waals surface area (Å²) in [6, 6.07) is 0. The van der Waals surface area contributed by atoms with E-state index in [0.717, 1.165) is 12.8 Å². The molecule has 0 aliphatic rings. The maximum absolute atomic E-state index is 11.0. The largest absolute Gasteiger partial charge is 0.464 e. The molecule has 0 aromatic carbocycles. The summed E-state index contributed by atoms with van der Waals surface area (Å²) in [4.78, 5) is 11.0. The molecule has 0 aromatic heterocycles. The summed E-state index contributed by atoms with van der Waals surface area (Å²) in [5.74, 6) is -0.606. The minimum absolute atomic E-state index is 0.0741. The Hall–Kier alpha value is -0.610. The first-order valence-electron chi connectivity index (χ1n) is 5.77. The molecule has 15 heavy (non-hydrogen) atoms. The van der Waals surface area contributed by atoms with Gasteiger partial charge in [0.2, 0.25) is 0 Å². The molecule has 90 valence electrons. The third-order valence-electron chi connectivity index (χ3n) is 2.24. The first-order valence-corrected chi connectivity index (χ1v) is 5.77. The SMILES string of the molecule is CCCCCCCCOC(=O)C(O)CN. The fraction of sp³-hybridized carbons (Fsp3) is 0.909. The quantitative estimate of drug-likeness (QED) is 0.450. The molecule has 0 aliphatic heterocycles. The molecule has 0 spiro atoms. The zero-order valence-electron chi connectivity index (χ0n) is 9.58. The fourth-order valence-electron chi connectivity index (χ4n) is 1.25. The number of carbonyl (C=O) groups excluding carboxylic acids is 1. The molecule has 0 heterocycles.